The Morgan fingerprint density at radius 1 is 0.809 bits per heavy atom. The number of nitrogens with one attached hydrogen (secondary N) is 4. The molecule has 47 heavy (non-hydrogen) atoms. The highest BCUT2D eigenvalue weighted by molar-refractivity contribution is 7.92. The maximum absolute atomic E-state index is 13.8. The molecule has 0 spiro atoms. The summed E-state index contributed by atoms with van der Waals surface area (Å²) in [7, 11) is -2.37. The summed E-state index contributed by atoms with van der Waals surface area (Å²) < 4.78 is 25.9. The van der Waals surface area contributed by atoms with Gasteiger partial charge in [0, 0.05) is 37.3 Å². The standard InChI is InChI=1S/C35H47N5O6S/c1-23(2)21-37-35(44)32(25(4)41)36-22-30(17-26-13-9-7-10-14-26)39-34(43)29-18-28(19-31(20-29)40(5)47(6,45)46)33(42)38-24(3)27-15-11-8-12-16-27/h7-16,18-20,23-25,30,32,36,41H,17,21-22H2,1-6H3,(H,37,44)(H,38,42)(H,39,43)/t24-,25?,30+,32?/m1/s1. The molecule has 0 fully saturated rings. The van der Waals surface area contributed by atoms with Gasteiger partial charge in [0.2, 0.25) is 15.9 Å². The van der Waals surface area contributed by atoms with Gasteiger partial charge in [-0.25, -0.2) is 8.42 Å². The van der Waals surface area contributed by atoms with Gasteiger partial charge >= 0.3 is 0 Å². The van der Waals surface area contributed by atoms with Gasteiger partial charge in [-0.15, -0.1) is 0 Å². The van der Waals surface area contributed by atoms with Crippen molar-refractivity contribution < 1.29 is 27.9 Å². The summed E-state index contributed by atoms with van der Waals surface area (Å²) in [5.41, 5.74) is 2.15. The van der Waals surface area contributed by atoms with Gasteiger partial charge in [-0.05, 0) is 55.5 Å². The minimum Gasteiger partial charge on any atom is -0.391 e. The Morgan fingerprint density at radius 2 is 1.36 bits per heavy atom. The Morgan fingerprint density at radius 3 is 1.89 bits per heavy atom. The van der Waals surface area contributed by atoms with Crippen molar-refractivity contribution in [1.82, 2.24) is 21.3 Å². The van der Waals surface area contributed by atoms with E-state index in [2.05, 4.69) is 21.3 Å². The summed E-state index contributed by atoms with van der Waals surface area (Å²) >= 11 is 0. The quantitative estimate of drug-likeness (QED) is 0.158. The van der Waals surface area contributed by atoms with Crippen LogP contribution in [0.25, 0.3) is 0 Å². The molecule has 0 saturated heterocycles. The van der Waals surface area contributed by atoms with Crippen molar-refractivity contribution in [2.45, 2.75) is 58.3 Å². The van der Waals surface area contributed by atoms with Crippen LogP contribution < -0.4 is 25.6 Å². The van der Waals surface area contributed by atoms with Crippen molar-refractivity contribution in [2.75, 3.05) is 30.7 Å². The molecule has 2 unspecified atom stereocenters. The van der Waals surface area contributed by atoms with Gasteiger partial charge in [-0.2, -0.15) is 0 Å². The molecule has 3 rings (SSSR count). The third-order valence-electron chi connectivity index (χ3n) is 7.64. The van der Waals surface area contributed by atoms with Crippen LogP contribution in [0.3, 0.4) is 0 Å². The predicted octanol–water partition coefficient (Wildman–Crippen LogP) is 3.03. The van der Waals surface area contributed by atoms with E-state index in [0.717, 1.165) is 21.7 Å². The smallest absolute Gasteiger partial charge is 0.251 e. The fourth-order valence-corrected chi connectivity index (χ4v) is 5.35. The fraction of sp³-hybridized carbons (Fsp3) is 0.400. The SMILES string of the molecule is CC(C)CNC(=O)C(NC[C@H](Cc1ccccc1)NC(=O)c1cc(C(=O)N[C@H](C)c2ccccc2)cc(N(C)S(C)(=O)=O)c1)C(C)O. The average molecular weight is 666 g/mol. The van der Waals surface area contributed by atoms with E-state index in [4.69, 9.17) is 0 Å². The highest BCUT2D eigenvalue weighted by Gasteiger charge is 2.26. The second kappa shape index (κ2) is 17.1. The summed E-state index contributed by atoms with van der Waals surface area (Å²) in [6.07, 6.45) is 0.428. The molecule has 0 aliphatic heterocycles. The number of carbonyl (C=O) groups is 3. The minimum absolute atomic E-state index is 0.0790. The van der Waals surface area contributed by atoms with Crippen molar-refractivity contribution in [2.24, 2.45) is 5.92 Å². The van der Waals surface area contributed by atoms with E-state index in [1.54, 1.807) is 0 Å². The molecule has 0 aliphatic carbocycles. The van der Waals surface area contributed by atoms with E-state index in [-0.39, 0.29) is 41.2 Å². The molecule has 0 aliphatic rings. The Labute approximate surface area is 278 Å². The number of anilines is 1. The van der Waals surface area contributed by atoms with Gasteiger partial charge in [0.1, 0.15) is 6.04 Å². The number of amides is 3. The van der Waals surface area contributed by atoms with Gasteiger partial charge in [0.05, 0.1) is 24.1 Å². The van der Waals surface area contributed by atoms with E-state index >= 15 is 0 Å². The highest BCUT2D eigenvalue weighted by atomic mass is 32.2. The van der Waals surface area contributed by atoms with Crippen molar-refractivity contribution >= 4 is 33.4 Å². The van der Waals surface area contributed by atoms with Crippen LogP contribution in [-0.2, 0) is 21.2 Å². The van der Waals surface area contributed by atoms with E-state index in [1.165, 1.54) is 32.2 Å². The molecule has 3 amide bonds. The maximum Gasteiger partial charge on any atom is 0.251 e. The molecule has 254 valence electrons. The van der Waals surface area contributed by atoms with Crippen LogP contribution in [-0.4, -0.2) is 75.8 Å². The Hall–Kier alpha value is -4.26. The van der Waals surface area contributed by atoms with Gasteiger partial charge in [0.15, 0.2) is 0 Å². The van der Waals surface area contributed by atoms with Crippen LogP contribution in [0, 0.1) is 5.92 Å². The van der Waals surface area contributed by atoms with Crippen LogP contribution in [0.5, 0.6) is 0 Å². The van der Waals surface area contributed by atoms with Gasteiger partial charge in [-0.1, -0.05) is 74.5 Å². The number of benzene rings is 3. The largest absolute Gasteiger partial charge is 0.391 e. The molecular formula is C35H47N5O6S. The van der Waals surface area contributed by atoms with Gasteiger partial charge in [-0.3, -0.25) is 18.7 Å². The molecule has 12 heteroatoms. The maximum atomic E-state index is 13.8. The molecule has 0 heterocycles. The minimum atomic E-state index is -3.72. The summed E-state index contributed by atoms with van der Waals surface area (Å²) in [5.74, 6) is -1.14. The van der Waals surface area contributed by atoms with Crippen molar-refractivity contribution in [3.05, 3.63) is 101 Å². The highest BCUT2D eigenvalue weighted by Crippen LogP contribution is 2.22. The van der Waals surface area contributed by atoms with Crippen LogP contribution in [0.15, 0.2) is 78.9 Å². The first-order valence-electron chi connectivity index (χ1n) is 15.6. The first kappa shape index (κ1) is 37.2. The van der Waals surface area contributed by atoms with Crippen molar-refractivity contribution in [3.8, 4) is 0 Å². The zero-order valence-electron chi connectivity index (χ0n) is 27.9. The van der Waals surface area contributed by atoms with E-state index in [9.17, 15) is 27.9 Å². The number of carbonyl (C=O) groups excluding carboxylic acids is 3. The van der Waals surface area contributed by atoms with Crippen molar-refractivity contribution in [1.29, 1.82) is 0 Å². The third kappa shape index (κ3) is 11.5. The number of aliphatic hydroxyl groups excluding tert-OH is 1. The molecular weight excluding hydrogens is 618 g/mol. The van der Waals surface area contributed by atoms with Crippen molar-refractivity contribution in [3.63, 3.8) is 0 Å². The summed E-state index contributed by atoms with van der Waals surface area (Å²) in [6, 6.07) is 21.3. The molecule has 0 aromatic heterocycles. The third-order valence-corrected chi connectivity index (χ3v) is 8.85. The van der Waals surface area contributed by atoms with Crippen LogP contribution in [0.4, 0.5) is 5.69 Å². The predicted molar refractivity (Wildman–Crippen MR) is 185 cm³/mol. The summed E-state index contributed by atoms with van der Waals surface area (Å²) in [5, 5.41) is 22.2. The van der Waals surface area contributed by atoms with Crippen LogP contribution in [0.1, 0.15) is 65.6 Å². The summed E-state index contributed by atoms with van der Waals surface area (Å²) in [4.78, 5) is 40.1. The number of nitrogens with zero attached hydrogens (tertiary/aromatic N) is 1. The lowest BCUT2D eigenvalue weighted by molar-refractivity contribution is -0.125. The normalized spacial score (nSPS) is 14.0. The second-order valence-electron chi connectivity index (χ2n) is 12.2. The molecule has 3 aromatic rings. The number of sulfonamides is 1. The number of hydrogen-bond acceptors (Lipinski definition) is 7. The van der Waals surface area contributed by atoms with E-state index in [1.807, 2.05) is 81.4 Å². The zero-order valence-corrected chi connectivity index (χ0v) is 28.7. The molecule has 0 bridgehead atoms. The second-order valence-corrected chi connectivity index (χ2v) is 14.2. The monoisotopic (exact) mass is 665 g/mol. The first-order valence-corrected chi connectivity index (χ1v) is 17.5. The first-order chi connectivity index (χ1) is 22.1. The average Bonchev–Trinajstić information content (AvgIpc) is 3.03. The molecule has 5 N–H and O–H groups in total. The Balaban J connectivity index is 1.91. The van der Waals surface area contributed by atoms with Gasteiger partial charge in [0.25, 0.3) is 11.8 Å². The lowest BCUT2D eigenvalue weighted by atomic mass is 10.0. The van der Waals surface area contributed by atoms with E-state index in [0.29, 0.717) is 13.0 Å². The topological polar surface area (TPSA) is 157 Å². The summed E-state index contributed by atoms with van der Waals surface area (Å²) in [6.45, 7) is 7.88. The van der Waals surface area contributed by atoms with Gasteiger partial charge < -0.3 is 26.4 Å². The molecule has 0 saturated carbocycles. The molecule has 4 atom stereocenters. The Kier molecular flexibility index (Phi) is 13.5. The number of hydrogen-bond donors (Lipinski definition) is 5. The molecule has 3 aromatic carbocycles. The molecule has 0 radical (unpaired) electrons. The number of rotatable bonds is 16. The lowest BCUT2D eigenvalue weighted by Crippen LogP contribution is -2.55. The van der Waals surface area contributed by atoms with Crippen LogP contribution >= 0.6 is 0 Å². The zero-order chi connectivity index (χ0) is 34.7. The lowest BCUT2D eigenvalue weighted by Gasteiger charge is -2.26. The van der Waals surface area contributed by atoms with E-state index < -0.39 is 40.0 Å². The van der Waals surface area contributed by atoms with Crippen LogP contribution in [0.2, 0.25) is 0 Å². The number of aliphatic hydroxyl groups is 1. The fourth-order valence-electron chi connectivity index (χ4n) is 4.86. The Bertz CT molecular complexity index is 1600. The molecule has 11 nitrogen and oxygen atoms in total.